The lowest BCUT2D eigenvalue weighted by molar-refractivity contribution is 0.0598. The number of para-hydroxylation sites is 1. The second kappa shape index (κ2) is 7.68. The molecule has 142 valence electrons. The highest BCUT2D eigenvalue weighted by Gasteiger charge is 2.64. The molecular weight excluding hydrogens is 417 g/mol. The van der Waals surface area contributed by atoms with Gasteiger partial charge < -0.3 is 14.8 Å². The second-order valence-electron chi connectivity index (χ2n) is 6.47. The predicted molar refractivity (Wildman–Crippen MR) is 102 cm³/mol. The Kier molecular flexibility index (Phi) is 5.51. The van der Waals surface area contributed by atoms with E-state index in [-0.39, 0.29) is 23.8 Å². The number of halogens is 2. The number of alkyl halides is 1. The Hall–Kier alpha value is -2.41. The number of carbonyl (C=O) groups excluding carboxylic acids is 2. The standard InChI is InChI=1S/C20H19BrFNO4/c1-12-17(22)20(12,13-6-5-7-14(21)10-13)11-23-19(25)27-16-9-4-3-8-15(16)18(24)26-2/h3-10,12,17H,11H2,1-2H3,(H,23,25)/t12-,17+,20?/m1/s1. The first-order valence-corrected chi connectivity index (χ1v) is 9.22. The molecule has 1 amide bonds. The third kappa shape index (κ3) is 3.69. The smallest absolute Gasteiger partial charge is 0.412 e. The molecule has 0 radical (unpaired) electrons. The molecule has 2 aromatic rings. The monoisotopic (exact) mass is 435 g/mol. The minimum atomic E-state index is -1.06. The van der Waals surface area contributed by atoms with Crippen molar-refractivity contribution in [3.8, 4) is 5.75 Å². The summed E-state index contributed by atoms with van der Waals surface area (Å²) < 4.78 is 25.2. The lowest BCUT2D eigenvalue weighted by Crippen LogP contribution is -2.36. The minimum Gasteiger partial charge on any atom is -0.465 e. The lowest BCUT2D eigenvalue weighted by atomic mass is 9.93. The molecule has 0 aliphatic heterocycles. The van der Waals surface area contributed by atoms with Gasteiger partial charge in [-0.05, 0) is 29.8 Å². The highest BCUT2D eigenvalue weighted by atomic mass is 79.9. The Morgan fingerprint density at radius 2 is 1.93 bits per heavy atom. The summed E-state index contributed by atoms with van der Waals surface area (Å²) in [5.74, 6) is -0.753. The first-order valence-electron chi connectivity index (χ1n) is 8.43. The average Bonchev–Trinajstić information content (AvgIpc) is 3.20. The highest BCUT2D eigenvalue weighted by molar-refractivity contribution is 9.10. The number of nitrogens with one attached hydrogen (secondary N) is 1. The van der Waals surface area contributed by atoms with Gasteiger partial charge >= 0.3 is 12.1 Å². The van der Waals surface area contributed by atoms with E-state index in [1.54, 1.807) is 12.1 Å². The molecule has 3 rings (SSSR count). The molecule has 0 heterocycles. The van der Waals surface area contributed by atoms with E-state index in [4.69, 9.17) is 4.74 Å². The minimum absolute atomic E-state index is 0.0824. The molecule has 5 nitrogen and oxygen atoms in total. The molecule has 0 spiro atoms. The molecule has 27 heavy (non-hydrogen) atoms. The van der Waals surface area contributed by atoms with Gasteiger partial charge in [0.05, 0.1) is 7.11 Å². The van der Waals surface area contributed by atoms with Crippen LogP contribution >= 0.6 is 15.9 Å². The molecule has 1 N–H and O–H groups in total. The predicted octanol–water partition coefficient (Wildman–Crippen LogP) is 4.25. The van der Waals surface area contributed by atoms with E-state index in [1.165, 1.54) is 19.2 Å². The Morgan fingerprint density at radius 1 is 1.22 bits per heavy atom. The maximum atomic E-state index is 14.5. The quantitative estimate of drug-likeness (QED) is 0.712. The van der Waals surface area contributed by atoms with Gasteiger partial charge in [-0.1, -0.05) is 47.1 Å². The van der Waals surface area contributed by atoms with E-state index in [9.17, 15) is 14.0 Å². The van der Waals surface area contributed by atoms with Crippen molar-refractivity contribution in [2.24, 2.45) is 5.92 Å². The number of amides is 1. The molecule has 1 aliphatic carbocycles. The average molecular weight is 436 g/mol. The van der Waals surface area contributed by atoms with Crippen LogP contribution in [0.2, 0.25) is 0 Å². The zero-order valence-electron chi connectivity index (χ0n) is 14.9. The topological polar surface area (TPSA) is 64.6 Å². The Bertz CT molecular complexity index is 865. The van der Waals surface area contributed by atoms with Gasteiger partial charge in [-0.3, -0.25) is 0 Å². The van der Waals surface area contributed by atoms with Crippen LogP contribution in [0.4, 0.5) is 9.18 Å². The largest absolute Gasteiger partial charge is 0.465 e. The molecule has 0 saturated heterocycles. The van der Waals surface area contributed by atoms with Crippen LogP contribution in [0.3, 0.4) is 0 Å². The number of methoxy groups -OCH3 is 1. The van der Waals surface area contributed by atoms with E-state index >= 15 is 0 Å². The van der Waals surface area contributed by atoms with E-state index in [0.29, 0.717) is 0 Å². The number of rotatable bonds is 5. The summed E-state index contributed by atoms with van der Waals surface area (Å²) in [6, 6.07) is 13.7. The molecule has 1 saturated carbocycles. The van der Waals surface area contributed by atoms with Gasteiger partial charge in [0.2, 0.25) is 0 Å². The van der Waals surface area contributed by atoms with Gasteiger partial charge in [0, 0.05) is 22.4 Å². The van der Waals surface area contributed by atoms with Gasteiger partial charge in [0.25, 0.3) is 0 Å². The summed E-state index contributed by atoms with van der Waals surface area (Å²) >= 11 is 3.40. The molecule has 2 aromatic carbocycles. The first-order chi connectivity index (χ1) is 12.9. The highest BCUT2D eigenvalue weighted by Crippen LogP contribution is 2.56. The molecular formula is C20H19BrFNO4. The molecule has 1 unspecified atom stereocenters. The van der Waals surface area contributed by atoms with Crippen molar-refractivity contribution < 1.29 is 23.5 Å². The lowest BCUT2D eigenvalue weighted by Gasteiger charge is -2.18. The zero-order chi connectivity index (χ0) is 19.6. The fourth-order valence-corrected chi connectivity index (χ4v) is 3.72. The maximum Gasteiger partial charge on any atom is 0.412 e. The van der Waals surface area contributed by atoms with Crippen molar-refractivity contribution in [3.05, 3.63) is 64.1 Å². The second-order valence-corrected chi connectivity index (χ2v) is 7.39. The fraction of sp³-hybridized carbons (Fsp3) is 0.300. The third-order valence-corrected chi connectivity index (χ3v) is 5.51. The summed E-state index contributed by atoms with van der Waals surface area (Å²) in [5.41, 5.74) is 0.164. The Morgan fingerprint density at radius 3 is 2.56 bits per heavy atom. The molecule has 7 heteroatoms. The molecule has 1 aliphatic rings. The normalized spacial score (nSPS) is 23.4. The van der Waals surface area contributed by atoms with Crippen LogP contribution in [0.1, 0.15) is 22.8 Å². The van der Waals surface area contributed by atoms with E-state index in [0.717, 1.165) is 10.0 Å². The van der Waals surface area contributed by atoms with Crippen LogP contribution in [0.5, 0.6) is 5.75 Å². The fourth-order valence-electron chi connectivity index (χ4n) is 3.32. The number of carbonyl (C=O) groups is 2. The summed E-state index contributed by atoms with van der Waals surface area (Å²) in [4.78, 5) is 24.0. The molecule has 0 bridgehead atoms. The SMILES string of the molecule is COC(=O)c1ccccc1OC(=O)NCC1(c2cccc(Br)c2)[C@H](C)[C@@H]1F. The number of hydrogen-bond acceptors (Lipinski definition) is 4. The molecule has 1 fully saturated rings. The summed E-state index contributed by atoms with van der Waals surface area (Å²) in [6.07, 6.45) is -1.82. The van der Waals surface area contributed by atoms with Crippen LogP contribution < -0.4 is 10.1 Å². The van der Waals surface area contributed by atoms with Gasteiger partial charge in [0.15, 0.2) is 0 Å². The van der Waals surface area contributed by atoms with E-state index in [2.05, 4.69) is 26.0 Å². The summed E-state index contributed by atoms with van der Waals surface area (Å²) in [7, 11) is 1.25. The van der Waals surface area contributed by atoms with Gasteiger partial charge in [-0.25, -0.2) is 14.0 Å². The van der Waals surface area contributed by atoms with Crippen molar-refractivity contribution in [2.45, 2.75) is 18.5 Å². The van der Waals surface area contributed by atoms with Crippen LogP contribution in [0.15, 0.2) is 53.0 Å². The van der Waals surface area contributed by atoms with Gasteiger partial charge in [0.1, 0.15) is 17.5 Å². The third-order valence-electron chi connectivity index (χ3n) is 5.02. The van der Waals surface area contributed by atoms with Crippen molar-refractivity contribution in [2.75, 3.05) is 13.7 Å². The number of esters is 1. The van der Waals surface area contributed by atoms with Gasteiger partial charge in [-0.2, -0.15) is 0 Å². The van der Waals surface area contributed by atoms with Gasteiger partial charge in [-0.15, -0.1) is 0 Å². The number of ether oxygens (including phenoxy) is 2. The summed E-state index contributed by atoms with van der Waals surface area (Å²) in [5, 5.41) is 2.63. The van der Waals surface area contributed by atoms with Crippen LogP contribution in [-0.4, -0.2) is 31.9 Å². The van der Waals surface area contributed by atoms with E-state index < -0.39 is 23.6 Å². The number of hydrogen-bond donors (Lipinski definition) is 1. The zero-order valence-corrected chi connectivity index (χ0v) is 16.5. The Balaban J connectivity index is 1.71. The van der Waals surface area contributed by atoms with Crippen molar-refractivity contribution in [1.29, 1.82) is 0 Å². The van der Waals surface area contributed by atoms with E-state index in [1.807, 2.05) is 31.2 Å². The van der Waals surface area contributed by atoms with Crippen molar-refractivity contribution in [1.82, 2.24) is 5.32 Å². The van der Waals surface area contributed by atoms with Crippen LogP contribution in [-0.2, 0) is 10.2 Å². The number of benzene rings is 2. The maximum absolute atomic E-state index is 14.5. The Labute approximate surface area is 165 Å². The van der Waals surface area contributed by atoms with Crippen molar-refractivity contribution in [3.63, 3.8) is 0 Å². The first kappa shape index (κ1) is 19.4. The molecule has 3 atom stereocenters. The van der Waals surface area contributed by atoms with Crippen LogP contribution in [0, 0.1) is 5.92 Å². The van der Waals surface area contributed by atoms with Crippen molar-refractivity contribution >= 4 is 28.0 Å². The van der Waals surface area contributed by atoms with Crippen LogP contribution in [0.25, 0.3) is 0 Å². The molecule has 0 aromatic heterocycles. The summed E-state index contributed by atoms with van der Waals surface area (Å²) in [6.45, 7) is 1.90.